The molecule has 2 aromatic heterocycles. The number of aromatic amines is 1. The van der Waals surface area contributed by atoms with E-state index < -0.39 is 0 Å². The molecule has 0 atom stereocenters. The molecule has 28 heavy (non-hydrogen) atoms. The van der Waals surface area contributed by atoms with E-state index in [9.17, 15) is 9.59 Å². The Bertz CT molecular complexity index is 931. The van der Waals surface area contributed by atoms with Crippen LogP contribution in [-0.2, 0) is 0 Å². The van der Waals surface area contributed by atoms with E-state index >= 15 is 0 Å². The summed E-state index contributed by atoms with van der Waals surface area (Å²) in [6.45, 7) is 2.05. The summed E-state index contributed by atoms with van der Waals surface area (Å²) in [4.78, 5) is 31.2. The fourth-order valence-electron chi connectivity index (χ4n) is 3.46. The summed E-state index contributed by atoms with van der Waals surface area (Å²) in [6, 6.07) is 9.21. The van der Waals surface area contributed by atoms with Gasteiger partial charge >= 0.3 is 0 Å². The average Bonchev–Trinajstić information content (AvgIpc) is 3.46. The zero-order valence-corrected chi connectivity index (χ0v) is 16.1. The smallest absolute Gasteiger partial charge is 0.254 e. The maximum absolute atomic E-state index is 12.7. The fourth-order valence-corrected chi connectivity index (χ4v) is 4.09. The Balaban J connectivity index is 1.31. The summed E-state index contributed by atoms with van der Waals surface area (Å²) < 4.78 is 0. The monoisotopic (exact) mass is 395 g/mol. The van der Waals surface area contributed by atoms with E-state index in [0.717, 1.165) is 37.1 Å². The molecule has 0 aliphatic carbocycles. The van der Waals surface area contributed by atoms with Crippen molar-refractivity contribution in [3.05, 3.63) is 58.5 Å². The first-order valence-electron chi connectivity index (χ1n) is 9.27. The SMILES string of the molecule is O=C(NCC1CCN(C(=O)c2ccsc2)CC1)c1ccccc1-c1ncn[nH]1. The number of nitrogens with one attached hydrogen (secondary N) is 2. The molecule has 2 amide bonds. The molecular formula is C20H21N5O2S. The molecule has 0 bridgehead atoms. The number of aromatic nitrogens is 3. The molecule has 0 saturated carbocycles. The van der Waals surface area contributed by atoms with Crippen LogP contribution in [0.5, 0.6) is 0 Å². The van der Waals surface area contributed by atoms with E-state index in [1.807, 2.05) is 39.9 Å². The van der Waals surface area contributed by atoms with Crippen LogP contribution in [0.3, 0.4) is 0 Å². The van der Waals surface area contributed by atoms with E-state index in [0.29, 0.717) is 23.9 Å². The van der Waals surface area contributed by atoms with E-state index in [4.69, 9.17) is 0 Å². The second-order valence-electron chi connectivity index (χ2n) is 6.84. The third-order valence-corrected chi connectivity index (χ3v) is 5.75. The maximum atomic E-state index is 12.7. The number of H-pyrrole nitrogens is 1. The molecule has 0 radical (unpaired) electrons. The van der Waals surface area contributed by atoms with Gasteiger partial charge in [-0.3, -0.25) is 14.7 Å². The van der Waals surface area contributed by atoms with Crippen LogP contribution in [0.4, 0.5) is 0 Å². The third kappa shape index (κ3) is 3.96. The van der Waals surface area contributed by atoms with Crippen LogP contribution in [0.25, 0.3) is 11.4 Å². The zero-order chi connectivity index (χ0) is 19.3. The molecule has 8 heteroatoms. The largest absolute Gasteiger partial charge is 0.352 e. The highest BCUT2D eigenvalue weighted by atomic mass is 32.1. The molecule has 3 aromatic rings. The minimum Gasteiger partial charge on any atom is -0.352 e. The normalized spacial score (nSPS) is 14.8. The van der Waals surface area contributed by atoms with Gasteiger partial charge in [-0.05, 0) is 36.3 Å². The Morgan fingerprint density at radius 2 is 2.04 bits per heavy atom. The van der Waals surface area contributed by atoms with Crippen molar-refractivity contribution in [2.75, 3.05) is 19.6 Å². The van der Waals surface area contributed by atoms with Gasteiger partial charge in [-0.2, -0.15) is 16.4 Å². The molecule has 0 unspecified atom stereocenters. The molecule has 1 aromatic carbocycles. The van der Waals surface area contributed by atoms with Crippen LogP contribution in [0.1, 0.15) is 33.6 Å². The van der Waals surface area contributed by atoms with Gasteiger partial charge in [0.05, 0.1) is 11.1 Å². The summed E-state index contributed by atoms with van der Waals surface area (Å²) in [6.07, 6.45) is 3.20. The highest BCUT2D eigenvalue weighted by molar-refractivity contribution is 7.08. The van der Waals surface area contributed by atoms with Crippen molar-refractivity contribution in [1.29, 1.82) is 0 Å². The topological polar surface area (TPSA) is 91.0 Å². The summed E-state index contributed by atoms with van der Waals surface area (Å²) in [5, 5.41) is 13.5. The molecule has 1 aliphatic rings. The second kappa shape index (κ2) is 8.35. The lowest BCUT2D eigenvalue weighted by molar-refractivity contribution is 0.0685. The summed E-state index contributed by atoms with van der Waals surface area (Å²) >= 11 is 1.54. The minimum atomic E-state index is -0.122. The standard InChI is InChI=1S/C20H21N5O2S/c26-19(17-4-2-1-3-16(17)18-22-13-23-24-18)21-11-14-5-8-25(9-6-14)20(27)15-7-10-28-12-15/h1-4,7,10,12-14H,5-6,8-9,11H2,(H,21,26)(H,22,23,24). The van der Waals surface area contributed by atoms with Gasteiger partial charge in [-0.15, -0.1) is 0 Å². The number of piperidine rings is 1. The lowest BCUT2D eigenvalue weighted by Crippen LogP contribution is -2.41. The zero-order valence-electron chi connectivity index (χ0n) is 15.3. The van der Waals surface area contributed by atoms with Gasteiger partial charge in [0.1, 0.15) is 6.33 Å². The van der Waals surface area contributed by atoms with E-state index in [2.05, 4.69) is 20.5 Å². The van der Waals surface area contributed by atoms with Crippen molar-refractivity contribution in [2.45, 2.75) is 12.8 Å². The van der Waals surface area contributed by atoms with Gasteiger partial charge in [0.2, 0.25) is 0 Å². The number of hydrogen-bond donors (Lipinski definition) is 2. The number of rotatable bonds is 5. The van der Waals surface area contributed by atoms with Crippen molar-refractivity contribution in [2.24, 2.45) is 5.92 Å². The number of likely N-dealkylation sites (tertiary alicyclic amines) is 1. The molecule has 0 spiro atoms. The van der Waals surface area contributed by atoms with E-state index in [1.54, 1.807) is 6.07 Å². The molecule has 4 rings (SSSR count). The molecular weight excluding hydrogens is 374 g/mol. The van der Waals surface area contributed by atoms with Crippen molar-refractivity contribution in [3.8, 4) is 11.4 Å². The highest BCUT2D eigenvalue weighted by Gasteiger charge is 2.24. The van der Waals surface area contributed by atoms with Crippen molar-refractivity contribution in [1.82, 2.24) is 25.4 Å². The van der Waals surface area contributed by atoms with Gasteiger partial charge in [0.25, 0.3) is 11.8 Å². The molecule has 144 valence electrons. The Kier molecular flexibility index (Phi) is 5.48. The Labute approximate surface area is 166 Å². The molecule has 1 saturated heterocycles. The van der Waals surface area contributed by atoms with Crippen LogP contribution < -0.4 is 5.32 Å². The quantitative estimate of drug-likeness (QED) is 0.695. The van der Waals surface area contributed by atoms with Crippen LogP contribution >= 0.6 is 11.3 Å². The number of carbonyl (C=O) groups is 2. The number of thiophene rings is 1. The number of amides is 2. The second-order valence-corrected chi connectivity index (χ2v) is 7.62. The van der Waals surface area contributed by atoms with Crippen LogP contribution in [-0.4, -0.2) is 51.5 Å². The summed E-state index contributed by atoms with van der Waals surface area (Å²) in [5.41, 5.74) is 2.07. The molecule has 1 fully saturated rings. The van der Waals surface area contributed by atoms with E-state index in [1.165, 1.54) is 17.7 Å². The Morgan fingerprint density at radius 1 is 1.21 bits per heavy atom. The molecule has 3 heterocycles. The third-order valence-electron chi connectivity index (χ3n) is 5.06. The van der Waals surface area contributed by atoms with Gasteiger partial charge in [0, 0.05) is 30.6 Å². The first-order chi connectivity index (χ1) is 13.7. The lowest BCUT2D eigenvalue weighted by Gasteiger charge is -2.32. The number of carbonyl (C=O) groups excluding carboxylic acids is 2. The predicted octanol–water partition coefficient (Wildman–Crippen LogP) is 2.82. The molecule has 7 nitrogen and oxygen atoms in total. The van der Waals surface area contributed by atoms with Gasteiger partial charge in [-0.25, -0.2) is 4.98 Å². The Morgan fingerprint density at radius 3 is 2.75 bits per heavy atom. The maximum Gasteiger partial charge on any atom is 0.254 e. The van der Waals surface area contributed by atoms with Crippen molar-refractivity contribution < 1.29 is 9.59 Å². The predicted molar refractivity (Wildman–Crippen MR) is 107 cm³/mol. The number of hydrogen-bond acceptors (Lipinski definition) is 5. The summed E-state index contributed by atoms with van der Waals surface area (Å²) in [7, 11) is 0. The van der Waals surface area contributed by atoms with Crippen molar-refractivity contribution >= 4 is 23.2 Å². The lowest BCUT2D eigenvalue weighted by atomic mass is 9.96. The van der Waals surface area contributed by atoms with Crippen molar-refractivity contribution in [3.63, 3.8) is 0 Å². The fraction of sp³-hybridized carbons (Fsp3) is 0.300. The average molecular weight is 395 g/mol. The first kappa shape index (κ1) is 18.4. The van der Waals surface area contributed by atoms with Gasteiger partial charge in [-0.1, -0.05) is 18.2 Å². The molecule has 2 N–H and O–H groups in total. The molecule has 1 aliphatic heterocycles. The first-order valence-corrected chi connectivity index (χ1v) is 10.2. The number of nitrogens with zero attached hydrogens (tertiary/aromatic N) is 3. The van der Waals surface area contributed by atoms with Crippen LogP contribution in [0.2, 0.25) is 0 Å². The minimum absolute atomic E-state index is 0.102. The Hall–Kier alpha value is -3.00. The summed E-state index contributed by atoms with van der Waals surface area (Å²) in [5.74, 6) is 0.924. The highest BCUT2D eigenvalue weighted by Crippen LogP contribution is 2.21. The van der Waals surface area contributed by atoms with Gasteiger partial charge in [0.15, 0.2) is 5.82 Å². The van der Waals surface area contributed by atoms with E-state index in [-0.39, 0.29) is 11.8 Å². The van der Waals surface area contributed by atoms with Crippen LogP contribution in [0.15, 0.2) is 47.4 Å². The number of benzene rings is 1. The van der Waals surface area contributed by atoms with Gasteiger partial charge < -0.3 is 10.2 Å². The van der Waals surface area contributed by atoms with Crippen LogP contribution in [0, 0.1) is 5.92 Å².